The lowest BCUT2D eigenvalue weighted by atomic mass is 9.98. The zero-order valence-electron chi connectivity index (χ0n) is 19.5. The van der Waals surface area contributed by atoms with E-state index in [1.54, 1.807) is 35.2 Å². The fraction of sp³-hybridized carbons (Fsp3) is 0.423. The van der Waals surface area contributed by atoms with Gasteiger partial charge in [0.25, 0.3) is 11.7 Å². The smallest absolute Gasteiger partial charge is 0.321 e. The third kappa shape index (κ3) is 5.34. The van der Waals surface area contributed by atoms with Gasteiger partial charge in [-0.15, -0.1) is 0 Å². The minimum absolute atomic E-state index is 0.253. The molecule has 1 saturated carbocycles. The van der Waals surface area contributed by atoms with Gasteiger partial charge in [0.1, 0.15) is 0 Å². The molecular formula is C26H29N3O6. The number of carbonyl (C=O) groups excluding carboxylic acids is 3. The van der Waals surface area contributed by atoms with Crippen molar-refractivity contribution in [1.82, 2.24) is 4.90 Å². The molecule has 0 radical (unpaired) electrons. The van der Waals surface area contributed by atoms with E-state index in [9.17, 15) is 14.4 Å². The molecule has 9 nitrogen and oxygen atoms in total. The van der Waals surface area contributed by atoms with Gasteiger partial charge in [-0.1, -0.05) is 18.2 Å². The van der Waals surface area contributed by atoms with Gasteiger partial charge in [0.2, 0.25) is 0 Å². The molecule has 0 bridgehead atoms. The molecule has 5 rings (SSSR count). The number of rotatable bonds is 5. The standard InChI is InChI=1S/C26H29N3O6/c30-23(27-20-10-11-21-22(15-20)35-26(34-21)12-4-5-13-26)17-33-24(31)18-7-6-14-29(16-18)25(32)28-19-8-2-1-3-9-19/h1-3,8-11,15,18H,4-7,12-14,16-17H2,(H,27,30)(H,28,32). The van der Waals surface area contributed by atoms with E-state index in [4.69, 9.17) is 14.2 Å². The molecular weight excluding hydrogens is 450 g/mol. The number of nitrogens with zero attached hydrogens (tertiary/aromatic N) is 1. The topological polar surface area (TPSA) is 106 Å². The maximum Gasteiger partial charge on any atom is 0.321 e. The Morgan fingerprint density at radius 2 is 1.71 bits per heavy atom. The number of esters is 1. The maximum absolute atomic E-state index is 12.6. The largest absolute Gasteiger partial charge is 0.455 e. The zero-order valence-corrected chi connectivity index (χ0v) is 19.5. The molecule has 1 aliphatic carbocycles. The van der Waals surface area contributed by atoms with Crippen LogP contribution in [0.25, 0.3) is 0 Å². The Hall–Kier alpha value is -3.75. The first kappa shape index (κ1) is 23.0. The monoisotopic (exact) mass is 479 g/mol. The summed E-state index contributed by atoms with van der Waals surface area (Å²) in [6.45, 7) is 0.418. The van der Waals surface area contributed by atoms with Crippen LogP contribution in [0.1, 0.15) is 38.5 Å². The molecule has 35 heavy (non-hydrogen) atoms. The predicted octanol–water partition coefficient (Wildman–Crippen LogP) is 4.15. The van der Waals surface area contributed by atoms with Crippen LogP contribution >= 0.6 is 0 Å². The number of nitrogens with one attached hydrogen (secondary N) is 2. The molecule has 2 N–H and O–H groups in total. The quantitative estimate of drug-likeness (QED) is 0.624. The van der Waals surface area contributed by atoms with Gasteiger partial charge in [0, 0.05) is 43.4 Å². The van der Waals surface area contributed by atoms with E-state index < -0.39 is 30.2 Å². The maximum atomic E-state index is 12.6. The van der Waals surface area contributed by atoms with E-state index in [1.165, 1.54) is 0 Å². The molecule has 2 fully saturated rings. The van der Waals surface area contributed by atoms with Crippen molar-refractivity contribution < 1.29 is 28.6 Å². The number of benzene rings is 2. The molecule has 9 heteroatoms. The number of anilines is 2. The summed E-state index contributed by atoms with van der Waals surface area (Å²) in [4.78, 5) is 39.1. The molecule has 2 aliphatic heterocycles. The molecule has 1 atom stereocenters. The summed E-state index contributed by atoms with van der Waals surface area (Å²) < 4.78 is 17.3. The normalized spacial score (nSPS) is 19.9. The highest BCUT2D eigenvalue weighted by Gasteiger charge is 2.44. The number of carbonyl (C=O) groups is 3. The van der Waals surface area contributed by atoms with Crippen LogP contribution in [0.5, 0.6) is 11.5 Å². The third-order valence-corrected chi connectivity index (χ3v) is 6.60. The summed E-state index contributed by atoms with van der Waals surface area (Å²) in [5.41, 5.74) is 1.24. The lowest BCUT2D eigenvalue weighted by molar-refractivity contribution is -0.152. The van der Waals surface area contributed by atoms with Gasteiger partial charge >= 0.3 is 12.0 Å². The summed E-state index contributed by atoms with van der Waals surface area (Å²) in [6.07, 6.45) is 5.14. The molecule has 184 valence electrons. The highest BCUT2D eigenvalue weighted by Crippen LogP contribution is 2.47. The fourth-order valence-electron chi connectivity index (χ4n) is 4.82. The van der Waals surface area contributed by atoms with E-state index in [0.29, 0.717) is 42.3 Å². The molecule has 1 unspecified atom stereocenters. The number of para-hydroxylation sites is 1. The van der Waals surface area contributed by atoms with Gasteiger partial charge in [-0.05, 0) is 49.9 Å². The van der Waals surface area contributed by atoms with Crippen LogP contribution in [0.15, 0.2) is 48.5 Å². The fourth-order valence-corrected chi connectivity index (χ4v) is 4.82. The molecule has 3 amide bonds. The first-order valence-corrected chi connectivity index (χ1v) is 12.1. The Morgan fingerprint density at radius 3 is 2.51 bits per heavy atom. The number of ether oxygens (including phenoxy) is 3. The minimum Gasteiger partial charge on any atom is -0.455 e. The van der Waals surface area contributed by atoms with Crippen LogP contribution in [0.3, 0.4) is 0 Å². The van der Waals surface area contributed by atoms with Crippen LogP contribution < -0.4 is 20.1 Å². The van der Waals surface area contributed by atoms with Crippen LogP contribution in [0, 0.1) is 5.92 Å². The highest BCUT2D eigenvalue weighted by atomic mass is 16.7. The molecule has 1 saturated heterocycles. The Morgan fingerprint density at radius 1 is 0.943 bits per heavy atom. The second-order valence-corrected chi connectivity index (χ2v) is 9.22. The third-order valence-electron chi connectivity index (χ3n) is 6.60. The first-order chi connectivity index (χ1) is 17.0. The summed E-state index contributed by atoms with van der Waals surface area (Å²) in [6, 6.07) is 14.1. The van der Waals surface area contributed by atoms with Gasteiger partial charge in [-0.25, -0.2) is 4.79 Å². The second-order valence-electron chi connectivity index (χ2n) is 9.22. The van der Waals surface area contributed by atoms with Crippen molar-refractivity contribution in [3.63, 3.8) is 0 Å². The lowest BCUT2D eigenvalue weighted by Crippen LogP contribution is -2.45. The summed E-state index contributed by atoms with van der Waals surface area (Å²) >= 11 is 0. The number of hydrogen-bond acceptors (Lipinski definition) is 6. The van der Waals surface area contributed by atoms with Crippen molar-refractivity contribution >= 4 is 29.3 Å². The number of amides is 3. The first-order valence-electron chi connectivity index (χ1n) is 12.1. The van der Waals surface area contributed by atoms with Gasteiger partial charge in [0.15, 0.2) is 18.1 Å². The van der Waals surface area contributed by atoms with Crippen molar-refractivity contribution in [1.29, 1.82) is 0 Å². The minimum atomic E-state index is -0.563. The molecule has 0 aromatic heterocycles. The van der Waals surface area contributed by atoms with E-state index in [0.717, 1.165) is 25.7 Å². The molecule has 2 aromatic carbocycles. The average molecular weight is 480 g/mol. The van der Waals surface area contributed by atoms with Gasteiger partial charge < -0.3 is 29.7 Å². The van der Waals surface area contributed by atoms with Crippen molar-refractivity contribution in [2.45, 2.75) is 44.3 Å². The number of likely N-dealkylation sites (tertiary alicyclic amines) is 1. The predicted molar refractivity (Wildman–Crippen MR) is 128 cm³/mol. The molecule has 3 aliphatic rings. The van der Waals surface area contributed by atoms with Gasteiger partial charge in [-0.3, -0.25) is 9.59 Å². The Balaban J connectivity index is 1.09. The van der Waals surface area contributed by atoms with Crippen molar-refractivity contribution in [2.75, 3.05) is 30.3 Å². The van der Waals surface area contributed by atoms with Crippen LogP contribution in [-0.4, -0.2) is 48.3 Å². The lowest BCUT2D eigenvalue weighted by Gasteiger charge is -2.31. The number of piperidine rings is 1. The zero-order chi connectivity index (χ0) is 24.3. The number of urea groups is 1. The van der Waals surface area contributed by atoms with Gasteiger partial charge in [0.05, 0.1) is 5.92 Å². The Labute approximate surface area is 203 Å². The number of hydrogen-bond donors (Lipinski definition) is 2. The van der Waals surface area contributed by atoms with E-state index in [1.807, 2.05) is 18.2 Å². The van der Waals surface area contributed by atoms with Crippen molar-refractivity contribution in [2.24, 2.45) is 5.92 Å². The Bertz CT molecular complexity index is 1100. The summed E-state index contributed by atoms with van der Waals surface area (Å²) in [5, 5.41) is 5.57. The van der Waals surface area contributed by atoms with Gasteiger partial charge in [-0.2, -0.15) is 0 Å². The van der Waals surface area contributed by atoms with E-state index in [-0.39, 0.29) is 12.6 Å². The van der Waals surface area contributed by atoms with Crippen LogP contribution in [0.4, 0.5) is 16.2 Å². The second kappa shape index (κ2) is 9.85. The van der Waals surface area contributed by atoms with Crippen LogP contribution in [-0.2, 0) is 14.3 Å². The van der Waals surface area contributed by atoms with E-state index in [2.05, 4.69) is 10.6 Å². The van der Waals surface area contributed by atoms with Crippen LogP contribution in [0.2, 0.25) is 0 Å². The number of fused-ring (bicyclic) bond motifs is 1. The highest BCUT2D eigenvalue weighted by molar-refractivity contribution is 5.93. The summed E-state index contributed by atoms with van der Waals surface area (Å²) in [7, 11) is 0. The average Bonchev–Trinajstić information content (AvgIpc) is 3.48. The molecule has 2 aromatic rings. The Kier molecular flexibility index (Phi) is 6.48. The SMILES string of the molecule is O=C(COC(=O)C1CCCN(C(=O)Nc2ccccc2)C1)Nc1ccc2c(c1)OC1(CCCC1)O2. The summed E-state index contributed by atoms with van der Waals surface area (Å²) in [5.74, 6) is -0.668. The molecule has 1 spiro atoms. The van der Waals surface area contributed by atoms with E-state index >= 15 is 0 Å². The van der Waals surface area contributed by atoms with Crippen molar-refractivity contribution in [3.8, 4) is 11.5 Å². The van der Waals surface area contributed by atoms with Crippen molar-refractivity contribution in [3.05, 3.63) is 48.5 Å². The molecule has 2 heterocycles.